The van der Waals surface area contributed by atoms with Gasteiger partial charge in [-0.25, -0.2) is 4.79 Å². The highest BCUT2D eigenvalue weighted by Gasteiger charge is 2.61. The average Bonchev–Trinajstić information content (AvgIpc) is 2.90. The molecule has 1 aliphatic carbocycles. The number of hydrogen-bond acceptors (Lipinski definition) is 3. The summed E-state index contributed by atoms with van der Waals surface area (Å²) in [6.45, 7) is 8.36. The molecular formula is C15H22O3. The molecule has 1 saturated carbocycles. The zero-order chi connectivity index (χ0) is 12.9. The van der Waals surface area contributed by atoms with Crippen LogP contribution in [0.3, 0.4) is 0 Å². The van der Waals surface area contributed by atoms with Crippen molar-refractivity contribution in [1.82, 2.24) is 0 Å². The highest BCUT2D eigenvalue weighted by molar-refractivity contribution is 5.90. The highest BCUT2D eigenvalue weighted by atomic mass is 16.6. The first kappa shape index (κ1) is 12.2. The van der Waals surface area contributed by atoms with Crippen LogP contribution in [-0.2, 0) is 14.3 Å². The van der Waals surface area contributed by atoms with Crippen LogP contribution in [0.1, 0.15) is 46.0 Å². The molecule has 2 heterocycles. The number of carbonyl (C=O) groups is 1. The van der Waals surface area contributed by atoms with Gasteiger partial charge in [-0.2, -0.15) is 0 Å². The smallest absolute Gasteiger partial charge is 0.334 e. The van der Waals surface area contributed by atoms with Crippen molar-refractivity contribution in [2.24, 2.45) is 11.8 Å². The molecule has 3 fully saturated rings. The van der Waals surface area contributed by atoms with Crippen LogP contribution >= 0.6 is 0 Å². The average molecular weight is 250 g/mol. The predicted molar refractivity (Wildman–Crippen MR) is 68.0 cm³/mol. The highest BCUT2D eigenvalue weighted by Crippen LogP contribution is 2.50. The summed E-state index contributed by atoms with van der Waals surface area (Å²) < 4.78 is 11.4. The Hall–Kier alpha value is -0.830. The van der Waals surface area contributed by atoms with E-state index in [0.29, 0.717) is 11.5 Å². The second-order valence-corrected chi connectivity index (χ2v) is 6.43. The van der Waals surface area contributed by atoms with Crippen molar-refractivity contribution in [3.05, 3.63) is 12.2 Å². The van der Waals surface area contributed by atoms with Gasteiger partial charge in [0.15, 0.2) is 0 Å². The maximum atomic E-state index is 11.7. The molecule has 0 aromatic heterocycles. The molecule has 18 heavy (non-hydrogen) atoms. The Labute approximate surface area is 109 Å². The molecule has 0 amide bonds. The number of hydrogen-bond donors (Lipinski definition) is 0. The first-order valence-electron chi connectivity index (χ1n) is 7.09. The fourth-order valence-electron chi connectivity index (χ4n) is 3.52. The van der Waals surface area contributed by atoms with Crippen molar-refractivity contribution >= 4 is 5.97 Å². The Kier molecular flexibility index (Phi) is 2.77. The van der Waals surface area contributed by atoms with Gasteiger partial charge < -0.3 is 9.47 Å². The monoisotopic (exact) mass is 250 g/mol. The Balaban J connectivity index is 1.82. The van der Waals surface area contributed by atoms with E-state index in [1.807, 2.05) is 0 Å². The van der Waals surface area contributed by atoms with E-state index in [0.717, 1.165) is 19.3 Å². The van der Waals surface area contributed by atoms with Crippen LogP contribution in [0, 0.1) is 11.8 Å². The molecule has 0 radical (unpaired) electrons. The van der Waals surface area contributed by atoms with Gasteiger partial charge in [0, 0.05) is 11.5 Å². The summed E-state index contributed by atoms with van der Waals surface area (Å²) in [6, 6.07) is 0. The predicted octanol–water partition coefficient (Wildman–Crippen LogP) is 2.84. The lowest BCUT2D eigenvalue weighted by Crippen LogP contribution is -2.29. The molecule has 2 unspecified atom stereocenters. The van der Waals surface area contributed by atoms with Gasteiger partial charge in [0.2, 0.25) is 0 Å². The van der Waals surface area contributed by atoms with Crippen molar-refractivity contribution < 1.29 is 14.3 Å². The minimum absolute atomic E-state index is 0.0646. The third-order valence-corrected chi connectivity index (χ3v) is 4.93. The number of esters is 1. The number of ether oxygens (including phenoxy) is 2. The molecule has 100 valence electrons. The van der Waals surface area contributed by atoms with Crippen LogP contribution in [0.15, 0.2) is 12.2 Å². The summed E-state index contributed by atoms with van der Waals surface area (Å²) in [5.74, 6) is 0.674. The molecule has 2 aliphatic heterocycles. The van der Waals surface area contributed by atoms with Crippen molar-refractivity contribution in [2.45, 2.75) is 63.8 Å². The zero-order valence-electron chi connectivity index (χ0n) is 11.3. The van der Waals surface area contributed by atoms with E-state index in [2.05, 4.69) is 20.4 Å². The standard InChI is InChI=1S/C15H22O3/c1-9-5-4-8-15(3)13(18-15)12-11(7-6-9)10(2)14(16)17-12/h9,11-13H,2,4-8H2,1,3H3/t9-,11?,12?,13-,15+/m0/s1. The lowest BCUT2D eigenvalue weighted by atomic mass is 9.81. The first-order chi connectivity index (χ1) is 8.51. The van der Waals surface area contributed by atoms with Gasteiger partial charge in [-0.3, -0.25) is 0 Å². The third kappa shape index (κ3) is 1.89. The van der Waals surface area contributed by atoms with Crippen molar-refractivity contribution in [3.63, 3.8) is 0 Å². The van der Waals surface area contributed by atoms with Gasteiger partial charge in [-0.1, -0.05) is 26.3 Å². The van der Waals surface area contributed by atoms with Crippen molar-refractivity contribution in [2.75, 3.05) is 0 Å². The van der Waals surface area contributed by atoms with Gasteiger partial charge in [0.25, 0.3) is 0 Å². The third-order valence-electron chi connectivity index (χ3n) is 4.93. The van der Waals surface area contributed by atoms with Crippen LogP contribution in [0.2, 0.25) is 0 Å². The lowest BCUT2D eigenvalue weighted by Gasteiger charge is -2.21. The maximum Gasteiger partial charge on any atom is 0.334 e. The van der Waals surface area contributed by atoms with Crippen molar-refractivity contribution in [1.29, 1.82) is 0 Å². The summed E-state index contributed by atoms with van der Waals surface area (Å²) in [4.78, 5) is 11.7. The maximum absolute atomic E-state index is 11.7. The van der Waals surface area contributed by atoms with Crippen LogP contribution in [-0.4, -0.2) is 23.8 Å². The molecule has 2 saturated heterocycles. The van der Waals surface area contributed by atoms with Crippen LogP contribution < -0.4 is 0 Å². The molecule has 0 bridgehead atoms. The molecule has 3 aliphatic rings. The van der Waals surface area contributed by atoms with Crippen molar-refractivity contribution in [3.8, 4) is 0 Å². The second-order valence-electron chi connectivity index (χ2n) is 6.43. The van der Waals surface area contributed by atoms with Gasteiger partial charge in [0.1, 0.15) is 12.2 Å². The molecule has 0 spiro atoms. The molecule has 0 N–H and O–H groups in total. The molecular weight excluding hydrogens is 228 g/mol. The molecule has 3 nitrogen and oxygen atoms in total. The molecule has 3 rings (SSSR count). The molecule has 0 aromatic carbocycles. The van der Waals surface area contributed by atoms with Crippen LogP contribution in [0.25, 0.3) is 0 Å². The first-order valence-corrected chi connectivity index (χ1v) is 7.09. The van der Waals surface area contributed by atoms with E-state index in [1.165, 1.54) is 12.8 Å². The Morgan fingerprint density at radius 3 is 2.89 bits per heavy atom. The second kappa shape index (κ2) is 4.09. The van der Waals surface area contributed by atoms with E-state index in [9.17, 15) is 4.79 Å². The van der Waals surface area contributed by atoms with Gasteiger partial charge in [-0.15, -0.1) is 0 Å². The summed E-state index contributed by atoms with van der Waals surface area (Å²) >= 11 is 0. The molecule has 0 aromatic rings. The molecule has 3 heteroatoms. The van der Waals surface area contributed by atoms with E-state index >= 15 is 0 Å². The van der Waals surface area contributed by atoms with Gasteiger partial charge in [0.05, 0.1) is 5.60 Å². The Morgan fingerprint density at radius 1 is 1.33 bits per heavy atom. The van der Waals surface area contributed by atoms with Gasteiger partial charge >= 0.3 is 5.97 Å². The van der Waals surface area contributed by atoms with Gasteiger partial charge in [-0.05, 0) is 32.1 Å². The van der Waals surface area contributed by atoms with E-state index < -0.39 is 0 Å². The lowest BCUT2D eigenvalue weighted by molar-refractivity contribution is -0.140. The van der Waals surface area contributed by atoms with E-state index in [1.54, 1.807) is 0 Å². The quantitative estimate of drug-likeness (QED) is 0.377. The summed E-state index contributed by atoms with van der Waals surface area (Å²) in [7, 11) is 0. The van der Waals surface area contributed by atoms with Crippen LogP contribution in [0.5, 0.6) is 0 Å². The fraction of sp³-hybridized carbons (Fsp3) is 0.800. The number of rotatable bonds is 0. The number of carbonyl (C=O) groups excluding carboxylic acids is 1. The Bertz CT molecular complexity index is 389. The normalized spacial score (nSPS) is 48.1. The topological polar surface area (TPSA) is 38.8 Å². The summed E-state index contributed by atoms with van der Waals surface area (Å²) in [6.07, 6.45) is 5.71. The van der Waals surface area contributed by atoms with Crippen LogP contribution in [0.4, 0.5) is 0 Å². The summed E-state index contributed by atoms with van der Waals surface area (Å²) in [5.41, 5.74) is 0.593. The minimum Gasteiger partial charge on any atom is -0.455 e. The molecule has 5 atom stereocenters. The SMILES string of the molecule is C=C1C(=O)OC2C1CC[C@@H](C)CCC[C@@]1(C)O[C@@H]21. The Morgan fingerprint density at radius 2 is 2.11 bits per heavy atom. The minimum atomic E-state index is -0.213. The van der Waals surface area contributed by atoms with E-state index in [-0.39, 0.29) is 29.7 Å². The number of epoxide rings is 1. The van der Waals surface area contributed by atoms with E-state index in [4.69, 9.17) is 9.47 Å². The number of fused-ring (bicyclic) bond motifs is 3. The largest absolute Gasteiger partial charge is 0.455 e. The fourth-order valence-corrected chi connectivity index (χ4v) is 3.52. The summed E-state index contributed by atoms with van der Waals surface area (Å²) in [5, 5.41) is 0. The zero-order valence-corrected chi connectivity index (χ0v) is 11.3.